The fourth-order valence-corrected chi connectivity index (χ4v) is 2.63. The smallest absolute Gasteiger partial charge is 0.250 e. The van der Waals surface area contributed by atoms with E-state index in [1.165, 1.54) is 6.08 Å². The molecule has 0 saturated carbocycles. The number of hydrogen-bond donors (Lipinski definition) is 3. The van der Waals surface area contributed by atoms with Gasteiger partial charge in [0.15, 0.2) is 5.11 Å². The van der Waals surface area contributed by atoms with E-state index in [0.717, 1.165) is 22.0 Å². The molecule has 124 valence electrons. The van der Waals surface area contributed by atoms with Crippen molar-refractivity contribution in [2.45, 2.75) is 0 Å². The number of hydrogen-bond acceptors (Lipinski definition) is 3. The molecule has 0 aromatic heterocycles. The first kappa shape index (κ1) is 16.7. The van der Waals surface area contributed by atoms with Crippen LogP contribution < -0.4 is 10.6 Å². The predicted octanol–water partition coefficient (Wildman–Crippen LogP) is 4.07. The van der Waals surface area contributed by atoms with E-state index in [1.54, 1.807) is 24.3 Å². The third-order valence-corrected chi connectivity index (χ3v) is 3.78. The zero-order valence-electron chi connectivity index (χ0n) is 13.3. The third-order valence-electron chi connectivity index (χ3n) is 3.58. The maximum absolute atomic E-state index is 12.0. The number of benzene rings is 3. The number of carbonyl (C=O) groups is 1. The molecule has 0 unspecified atom stereocenters. The van der Waals surface area contributed by atoms with Gasteiger partial charge in [0.1, 0.15) is 5.75 Å². The van der Waals surface area contributed by atoms with Gasteiger partial charge in [0.05, 0.1) is 0 Å². The molecule has 0 fully saturated rings. The zero-order chi connectivity index (χ0) is 17.6. The van der Waals surface area contributed by atoms with Crippen LogP contribution in [0.2, 0.25) is 0 Å². The van der Waals surface area contributed by atoms with Gasteiger partial charge < -0.3 is 10.4 Å². The van der Waals surface area contributed by atoms with E-state index in [2.05, 4.69) is 10.6 Å². The van der Waals surface area contributed by atoms with Crippen molar-refractivity contribution in [3.63, 3.8) is 0 Å². The summed E-state index contributed by atoms with van der Waals surface area (Å²) in [5.41, 5.74) is 1.69. The van der Waals surface area contributed by atoms with Crippen molar-refractivity contribution in [2.24, 2.45) is 0 Å². The molecule has 3 N–H and O–H groups in total. The number of thiocarbonyl (C=S) groups is 1. The zero-order valence-corrected chi connectivity index (χ0v) is 14.1. The van der Waals surface area contributed by atoms with Gasteiger partial charge >= 0.3 is 0 Å². The normalized spacial score (nSPS) is 10.7. The topological polar surface area (TPSA) is 61.4 Å². The Kier molecular flexibility index (Phi) is 5.06. The summed E-state index contributed by atoms with van der Waals surface area (Å²) in [6.45, 7) is 0. The summed E-state index contributed by atoms with van der Waals surface area (Å²) in [4.78, 5) is 12.0. The van der Waals surface area contributed by atoms with Crippen molar-refractivity contribution >= 4 is 45.8 Å². The number of nitrogens with one attached hydrogen (secondary N) is 2. The van der Waals surface area contributed by atoms with E-state index in [0.29, 0.717) is 0 Å². The van der Waals surface area contributed by atoms with Crippen molar-refractivity contribution in [1.82, 2.24) is 5.32 Å². The molecule has 0 spiro atoms. The summed E-state index contributed by atoms with van der Waals surface area (Å²) in [6, 6.07) is 20.2. The number of phenolic OH excluding ortho intramolecular Hbond substituents is 1. The number of anilines is 1. The lowest BCUT2D eigenvalue weighted by Crippen LogP contribution is -2.32. The van der Waals surface area contributed by atoms with Gasteiger partial charge in [0.2, 0.25) is 5.91 Å². The van der Waals surface area contributed by atoms with Crippen molar-refractivity contribution in [3.8, 4) is 5.75 Å². The Labute approximate surface area is 150 Å². The van der Waals surface area contributed by atoms with Gasteiger partial charge in [-0.2, -0.15) is 0 Å². The van der Waals surface area contributed by atoms with Gasteiger partial charge in [0, 0.05) is 17.1 Å². The van der Waals surface area contributed by atoms with Crippen molar-refractivity contribution in [1.29, 1.82) is 0 Å². The number of fused-ring (bicyclic) bond motifs is 1. The molecule has 0 aliphatic heterocycles. The molecule has 3 aromatic carbocycles. The number of carbonyl (C=O) groups excluding carboxylic acids is 1. The lowest BCUT2D eigenvalue weighted by molar-refractivity contribution is -0.115. The molecule has 0 aliphatic carbocycles. The highest BCUT2D eigenvalue weighted by Crippen LogP contribution is 2.26. The fraction of sp³-hybridized carbons (Fsp3) is 0. The monoisotopic (exact) mass is 348 g/mol. The van der Waals surface area contributed by atoms with Crippen LogP contribution in [0.5, 0.6) is 5.75 Å². The average molecular weight is 348 g/mol. The summed E-state index contributed by atoms with van der Waals surface area (Å²) in [7, 11) is 0. The molecule has 0 radical (unpaired) electrons. The number of phenols is 1. The Morgan fingerprint density at radius 2 is 1.80 bits per heavy atom. The Morgan fingerprint density at radius 3 is 2.60 bits per heavy atom. The molecule has 1 amide bonds. The molecule has 0 bridgehead atoms. The Morgan fingerprint density at radius 1 is 1.00 bits per heavy atom. The molecule has 0 saturated heterocycles. The van der Waals surface area contributed by atoms with Crippen molar-refractivity contribution in [3.05, 3.63) is 78.4 Å². The van der Waals surface area contributed by atoms with E-state index >= 15 is 0 Å². The minimum Gasteiger partial charge on any atom is -0.508 e. The number of rotatable bonds is 3. The van der Waals surface area contributed by atoms with E-state index in [1.807, 2.05) is 48.5 Å². The molecular weight excluding hydrogens is 332 g/mol. The first-order valence-electron chi connectivity index (χ1n) is 7.69. The van der Waals surface area contributed by atoms with Crippen LogP contribution >= 0.6 is 12.2 Å². The van der Waals surface area contributed by atoms with Gasteiger partial charge in [0.25, 0.3) is 0 Å². The molecule has 5 heteroatoms. The summed E-state index contributed by atoms with van der Waals surface area (Å²) in [5, 5.41) is 17.2. The third kappa shape index (κ3) is 4.43. The van der Waals surface area contributed by atoms with Gasteiger partial charge in [-0.15, -0.1) is 0 Å². The van der Waals surface area contributed by atoms with Crippen LogP contribution in [-0.4, -0.2) is 16.1 Å². The number of amides is 1. The Balaban J connectivity index is 1.67. The van der Waals surface area contributed by atoms with Crippen LogP contribution in [0.1, 0.15) is 5.56 Å². The van der Waals surface area contributed by atoms with Crippen LogP contribution in [0.3, 0.4) is 0 Å². The van der Waals surface area contributed by atoms with Crippen LogP contribution in [-0.2, 0) is 4.79 Å². The summed E-state index contributed by atoms with van der Waals surface area (Å²) < 4.78 is 0. The Bertz CT molecular complexity index is 952. The van der Waals surface area contributed by atoms with Gasteiger partial charge in [-0.3, -0.25) is 10.1 Å². The quantitative estimate of drug-likeness (QED) is 0.493. The maximum Gasteiger partial charge on any atom is 0.250 e. The van der Waals surface area contributed by atoms with E-state index in [4.69, 9.17) is 12.2 Å². The lowest BCUT2D eigenvalue weighted by Gasteiger charge is -2.11. The molecule has 3 aromatic rings. The first-order valence-corrected chi connectivity index (χ1v) is 8.09. The summed E-state index contributed by atoms with van der Waals surface area (Å²) >= 11 is 5.21. The van der Waals surface area contributed by atoms with Crippen LogP contribution in [0, 0.1) is 0 Å². The molecule has 0 atom stereocenters. The molecule has 25 heavy (non-hydrogen) atoms. The lowest BCUT2D eigenvalue weighted by atomic mass is 10.1. The first-order chi connectivity index (χ1) is 12.1. The SMILES string of the molecule is O=C(C=Cc1ccccc1)NC(=S)Nc1cccc2cc(O)ccc12. The standard InChI is InChI=1S/C20H16N2O2S/c23-16-10-11-17-15(13-16)7-4-8-18(17)21-20(25)22-19(24)12-9-14-5-2-1-3-6-14/h1-13,23H,(H2,21,22,24,25). The second-order valence-corrected chi connectivity index (χ2v) is 5.81. The summed E-state index contributed by atoms with van der Waals surface area (Å²) in [5.74, 6) is -0.106. The second kappa shape index (κ2) is 7.59. The average Bonchev–Trinajstić information content (AvgIpc) is 2.60. The van der Waals surface area contributed by atoms with E-state index < -0.39 is 0 Å². The van der Waals surface area contributed by atoms with Crippen molar-refractivity contribution in [2.75, 3.05) is 5.32 Å². The fourth-order valence-electron chi connectivity index (χ4n) is 2.42. The van der Waals surface area contributed by atoms with Gasteiger partial charge in [-0.1, -0.05) is 42.5 Å². The minimum atomic E-state index is -0.306. The predicted molar refractivity (Wildman–Crippen MR) is 105 cm³/mol. The second-order valence-electron chi connectivity index (χ2n) is 5.40. The number of aromatic hydroxyl groups is 1. The van der Waals surface area contributed by atoms with Crippen LogP contribution in [0.4, 0.5) is 5.69 Å². The molecule has 0 aliphatic rings. The molecular formula is C20H16N2O2S. The maximum atomic E-state index is 12.0. The van der Waals surface area contributed by atoms with Crippen LogP contribution in [0.15, 0.2) is 72.8 Å². The largest absolute Gasteiger partial charge is 0.508 e. The minimum absolute atomic E-state index is 0.201. The Hall–Kier alpha value is -3.18. The molecule has 0 heterocycles. The summed E-state index contributed by atoms with van der Waals surface area (Å²) in [6.07, 6.45) is 3.16. The highest BCUT2D eigenvalue weighted by Gasteiger charge is 2.05. The van der Waals surface area contributed by atoms with E-state index in [9.17, 15) is 9.90 Å². The van der Waals surface area contributed by atoms with Crippen LogP contribution in [0.25, 0.3) is 16.8 Å². The molecule has 4 nitrogen and oxygen atoms in total. The molecule has 3 rings (SSSR count). The van der Waals surface area contributed by atoms with Gasteiger partial charge in [-0.05, 0) is 53.5 Å². The van der Waals surface area contributed by atoms with Crippen molar-refractivity contribution < 1.29 is 9.90 Å². The highest BCUT2D eigenvalue weighted by molar-refractivity contribution is 7.80. The van der Waals surface area contributed by atoms with E-state index in [-0.39, 0.29) is 16.8 Å². The van der Waals surface area contributed by atoms with Gasteiger partial charge in [-0.25, -0.2) is 0 Å². The highest BCUT2D eigenvalue weighted by atomic mass is 32.1.